The van der Waals surface area contributed by atoms with Gasteiger partial charge >= 0.3 is 5.97 Å². The summed E-state index contributed by atoms with van der Waals surface area (Å²) in [6.45, 7) is 0.464. The Kier molecular flexibility index (Phi) is 6.76. The largest absolute Gasteiger partial charge is 0.451 e. The molecule has 0 bridgehead atoms. The van der Waals surface area contributed by atoms with E-state index in [-0.39, 0.29) is 11.4 Å². The lowest BCUT2D eigenvalue weighted by Gasteiger charge is -2.10. The number of hydrogen-bond acceptors (Lipinski definition) is 4. The minimum atomic E-state index is -0.955. The molecular weight excluding hydrogens is 358 g/mol. The van der Waals surface area contributed by atoms with Crippen LogP contribution in [0.25, 0.3) is 6.08 Å². The summed E-state index contributed by atoms with van der Waals surface area (Å²) >= 11 is 0. The molecule has 2 aromatic rings. The minimum absolute atomic E-state index is 0.168. The molecule has 0 heterocycles. The summed E-state index contributed by atoms with van der Waals surface area (Å²) in [5, 5.41) is 4.42. The van der Waals surface area contributed by atoms with Crippen LogP contribution in [0.15, 0.2) is 54.2 Å². The van der Waals surface area contributed by atoms with Crippen LogP contribution in [0.3, 0.4) is 0 Å². The van der Waals surface area contributed by atoms with Crippen molar-refractivity contribution in [2.75, 3.05) is 11.9 Å². The fourth-order valence-corrected chi connectivity index (χ4v) is 2.04. The monoisotopic (exact) mass is 374 g/mol. The Labute approximate surface area is 153 Å². The standard InChI is InChI=1S/C19H16F2N2O4/c1-12(24)22-17(9-13-5-3-2-4-6-13)19(26)27-11-18(25)23-16-10-14(20)7-8-15(16)21/h2-10H,11H2,1H3,(H,22,24)(H,23,25)/b17-9+. The molecule has 2 aromatic carbocycles. The van der Waals surface area contributed by atoms with Crippen molar-refractivity contribution in [3.8, 4) is 0 Å². The average molecular weight is 374 g/mol. The van der Waals surface area contributed by atoms with E-state index < -0.39 is 36.0 Å². The van der Waals surface area contributed by atoms with Crippen molar-refractivity contribution in [1.29, 1.82) is 0 Å². The Morgan fingerprint density at radius 3 is 2.44 bits per heavy atom. The summed E-state index contributed by atoms with van der Waals surface area (Å²) in [6.07, 6.45) is 1.38. The average Bonchev–Trinajstić information content (AvgIpc) is 2.62. The second kappa shape index (κ2) is 9.23. The van der Waals surface area contributed by atoms with Crippen LogP contribution in [-0.4, -0.2) is 24.4 Å². The fraction of sp³-hybridized carbons (Fsp3) is 0.105. The van der Waals surface area contributed by atoms with Crippen molar-refractivity contribution in [3.05, 3.63) is 71.4 Å². The smallest absolute Gasteiger partial charge is 0.355 e. The number of nitrogens with one attached hydrogen (secondary N) is 2. The first-order valence-electron chi connectivity index (χ1n) is 7.81. The van der Waals surface area contributed by atoms with E-state index in [4.69, 9.17) is 4.74 Å². The first-order chi connectivity index (χ1) is 12.8. The van der Waals surface area contributed by atoms with E-state index in [1.54, 1.807) is 30.3 Å². The number of anilines is 1. The maximum Gasteiger partial charge on any atom is 0.355 e. The van der Waals surface area contributed by atoms with Crippen LogP contribution in [0.2, 0.25) is 0 Å². The fourth-order valence-electron chi connectivity index (χ4n) is 2.04. The summed E-state index contributed by atoms with van der Waals surface area (Å²) in [5.41, 5.74) is 0.0841. The predicted octanol–water partition coefficient (Wildman–Crippen LogP) is 2.62. The molecule has 0 spiro atoms. The molecule has 6 nitrogen and oxygen atoms in total. The van der Waals surface area contributed by atoms with Crippen molar-refractivity contribution in [3.63, 3.8) is 0 Å². The third kappa shape index (κ3) is 6.35. The lowest BCUT2D eigenvalue weighted by atomic mass is 10.2. The number of hydrogen-bond donors (Lipinski definition) is 2. The Morgan fingerprint density at radius 1 is 1.07 bits per heavy atom. The van der Waals surface area contributed by atoms with Gasteiger partial charge in [0, 0.05) is 13.0 Å². The molecule has 0 aliphatic rings. The van der Waals surface area contributed by atoms with Gasteiger partial charge in [-0.2, -0.15) is 0 Å². The molecule has 0 radical (unpaired) electrons. The molecule has 0 aromatic heterocycles. The van der Waals surface area contributed by atoms with Crippen LogP contribution in [0.5, 0.6) is 0 Å². The highest BCUT2D eigenvalue weighted by Gasteiger charge is 2.16. The molecule has 0 aliphatic heterocycles. The highest BCUT2D eigenvalue weighted by atomic mass is 19.1. The number of carbonyl (C=O) groups excluding carboxylic acids is 3. The molecule has 0 fully saturated rings. The molecule has 2 rings (SSSR count). The third-order valence-corrected chi connectivity index (χ3v) is 3.18. The van der Waals surface area contributed by atoms with E-state index in [0.29, 0.717) is 5.56 Å². The number of rotatable bonds is 6. The topological polar surface area (TPSA) is 84.5 Å². The number of halogens is 2. The Morgan fingerprint density at radius 2 is 1.78 bits per heavy atom. The molecule has 8 heteroatoms. The van der Waals surface area contributed by atoms with Gasteiger partial charge in [0.25, 0.3) is 5.91 Å². The lowest BCUT2D eigenvalue weighted by molar-refractivity contribution is -0.144. The normalized spacial score (nSPS) is 10.9. The molecule has 0 atom stereocenters. The van der Waals surface area contributed by atoms with Crippen LogP contribution in [0.1, 0.15) is 12.5 Å². The second-order valence-electron chi connectivity index (χ2n) is 5.40. The highest BCUT2D eigenvalue weighted by molar-refractivity contribution is 5.99. The van der Waals surface area contributed by atoms with Gasteiger partial charge in [-0.05, 0) is 23.8 Å². The summed E-state index contributed by atoms with van der Waals surface area (Å²) in [6, 6.07) is 11.2. The Hall–Kier alpha value is -3.55. The van der Waals surface area contributed by atoms with Gasteiger partial charge in [-0.15, -0.1) is 0 Å². The number of esters is 1. The number of amides is 2. The van der Waals surface area contributed by atoms with Crippen molar-refractivity contribution in [1.82, 2.24) is 5.32 Å². The van der Waals surface area contributed by atoms with Crippen LogP contribution in [-0.2, 0) is 19.1 Å². The Bertz CT molecular complexity index is 883. The van der Waals surface area contributed by atoms with E-state index in [9.17, 15) is 23.2 Å². The number of carbonyl (C=O) groups is 3. The van der Waals surface area contributed by atoms with Crippen LogP contribution in [0.4, 0.5) is 14.5 Å². The number of benzene rings is 2. The van der Waals surface area contributed by atoms with Gasteiger partial charge < -0.3 is 15.4 Å². The SMILES string of the molecule is CC(=O)N/C(=C/c1ccccc1)C(=O)OCC(=O)Nc1cc(F)ccc1F. The zero-order chi connectivity index (χ0) is 19.8. The van der Waals surface area contributed by atoms with Crippen LogP contribution < -0.4 is 10.6 Å². The predicted molar refractivity (Wildman–Crippen MR) is 94.2 cm³/mol. The quantitative estimate of drug-likeness (QED) is 0.601. The molecule has 140 valence electrons. The molecule has 0 saturated carbocycles. The van der Waals surface area contributed by atoms with E-state index >= 15 is 0 Å². The van der Waals surface area contributed by atoms with Crippen molar-refractivity contribution in [2.45, 2.75) is 6.92 Å². The van der Waals surface area contributed by atoms with Gasteiger partial charge in [-0.1, -0.05) is 30.3 Å². The number of ether oxygens (including phenoxy) is 1. The van der Waals surface area contributed by atoms with E-state index in [0.717, 1.165) is 18.2 Å². The maximum atomic E-state index is 13.5. The van der Waals surface area contributed by atoms with Crippen LogP contribution >= 0.6 is 0 Å². The van der Waals surface area contributed by atoms with Crippen molar-refractivity contribution < 1.29 is 27.9 Å². The zero-order valence-electron chi connectivity index (χ0n) is 14.3. The summed E-state index contributed by atoms with van der Waals surface area (Å²) in [4.78, 5) is 35.2. The molecule has 27 heavy (non-hydrogen) atoms. The summed E-state index contributed by atoms with van der Waals surface area (Å²) in [7, 11) is 0. The van der Waals surface area contributed by atoms with Crippen LogP contribution in [0, 0.1) is 11.6 Å². The van der Waals surface area contributed by atoms with Crippen molar-refractivity contribution >= 4 is 29.5 Å². The third-order valence-electron chi connectivity index (χ3n) is 3.18. The maximum absolute atomic E-state index is 13.5. The van der Waals surface area contributed by atoms with Gasteiger partial charge in [-0.25, -0.2) is 13.6 Å². The van der Waals surface area contributed by atoms with E-state index in [2.05, 4.69) is 10.6 Å². The van der Waals surface area contributed by atoms with E-state index in [1.807, 2.05) is 0 Å². The molecule has 0 aliphatic carbocycles. The zero-order valence-corrected chi connectivity index (χ0v) is 14.3. The molecular formula is C19H16F2N2O4. The van der Waals surface area contributed by atoms with Gasteiger partial charge in [0.05, 0.1) is 5.69 Å². The van der Waals surface area contributed by atoms with Crippen molar-refractivity contribution in [2.24, 2.45) is 0 Å². The van der Waals surface area contributed by atoms with Gasteiger partial charge in [0.1, 0.15) is 17.3 Å². The molecule has 0 unspecified atom stereocenters. The minimum Gasteiger partial charge on any atom is -0.451 e. The van der Waals surface area contributed by atoms with E-state index in [1.165, 1.54) is 13.0 Å². The molecule has 2 N–H and O–H groups in total. The summed E-state index contributed by atoms with van der Waals surface area (Å²) in [5.74, 6) is -3.89. The highest BCUT2D eigenvalue weighted by Crippen LogP contribution is 2.15. The lowest BCUT2D eigenvalue weighted by Crippen LogP contribution is -2.29. The second-order valence-corrected chi connectivity index (χ2v) is 5.40. The molecule has 2 amide bonds. The van der Waals surface area contributed by atoms with Gasteiger partial charge in [0.2, 0.25) is 5.91 Å². The first kappa shape index (κ1) is 19.8. The first-order valence-corrected chi connectivity index (χ1v) is 7.81. The van der Waals surface area contributed by atoms with Gasteiger partial charge in [0.15, 0.2) is 6.61 Å². The Balaban J connectivity index is 2.02. The molecule has 0 saturated heterocycles. The summed E-state index contributed by atoms with van der Waals surface area (Å²) < 4.78 is 31.4. The van der Waals surface area contributed by atoms with Gasteiger partial charge in [-0.3, -0.25) is 9.59 Å².